The number of rotatable bonds is 3. The summed E-state index contributed by atoms with van der Waals surface area (Å²) in [7, 11) is 0. The topological polar surface area (TPSA) is 78.3 Å². The number of hydrogen-bond donors (Lipinski definition) is 2. The van der Waals surface area contributed by atoms with Gasteiger partial charge < -0.3 is 16.2 Å². The predicted molar refractivity (Wildman–Crippen MR) is 53.5 cm³/mol. The minimum absolute atomic E-state index is 0.287. The van der Waals surface area contributed by atoms with Gasteiger partial charge in [0.15, 0.2) is 0 Å². The first-order chi connectivity index (χ1) is 6.61. The van der Waals surface area contributed by atoms with Crippen LogP contribution in [0.5, 0.6) is 0 Å². The summed E-state index contributed by atoms with van der Waals surface area (Å²) >= 11 is 0. The molecule has 4 nitrogen and oxygen atoms in total. The van der Waals surface area contributed by atoms with E-state index in [0.717, 1.165) is 5.56 Å². The third-order valence-corrected chi connectivity index (χ3v) is 1.85. The van der Waals surface area contributed by atoms with Crippen molar-refractivity contribution >= 4 is 6.09 Å². The van der Waals surface area contributed by atoms with Gasteiger partial charge in [0.1, 0.15) is 6.10 Å². The van der Waals surface area contributed by atoms with Crippen molar-refractivity contribution in [2.24, 2.45) is 11.5 Å². The first-order valence-electron chi connectivity index (χ1n) is 4.38. The molecule has 0 fully saturated rings. The maximum absolute atomic E-state index is 10.6. The minimum Gasteiger partial charge on any atom is -0.440 e. The molecule has 14 heavy (non-hydrogen) atoms. The van der Waals surface area contributed by atoms with E-state index in [1.165, 1.54) is 0 Å². The molecule has 4 N–H and O–H groups in total. The summed E-state index contributed by atoms with van der Waals surface area (Å²) in [6.07, 6.45) is -1.29. The van der Waals surface area contributed by atoms with Gasteiger partial charge in [0.25, 0.3) is 0 Å². The van der Waals surface area contributed by atoms with Crippen molar-refractivity contribution < 1.29 is 9.53 Å². The van der Waals surface area contributed by atoms with E-state index in [0.29, 0.717) is 0 Å². The van der Waals surface area contributed by atoms with Gasteiger partial charge in [-0.05, 0) is 12.5 Å². The van der Waals surface area contributed by atoms with E-state index in [2.05, 4.69) is 0 Å². The quantitative estimate of drug-likeness (QED) is 0.758. The molecule has 0 radical (unpaired) electrons. The van der Waals surface area contributed by atoms with Crippen LogP contribution in [0.4, 0.5) is 4.79 Å². The molecule has 0 spiro atoms. The molecule has 0 heterocycles. The highest BCUT2D eigenvalue weighted by molar-refractivity contribution is 5.65. The lowest BCUT2D eigenvalue weighted by molar-refractivity contribution is 0.0938. The fourth-order valence-electron chi connectivity index (χ4n) is 1.25. The Labute approximate surface area is 82.8 Å². The first-order valence-corrected chi connectivity index (χ1v) is 4.38. The Morgan fingerprint density at radius 3 is 2.36 bits per heavy atom. The van der Waals surface area contributed by atoms with E-state index in [1.807, 2.05) is 30.3 Å². The second kappa shape index (κ2) is 4.62. The van der Waals surface area contributed by atoms with E-state index >= 15 is 0 Å². The van der Waals surface area contributed by atoms with Crippen molar-refractivity contribution in [1.29, 1.82) is 0 Å². The molecule has 2 unspecified atom stereocenters. The fourth-order valence-corrected chi connectivity index (χ4v) is 1.25. The lowest BCUT2D eigenvalue weighted by atomic mass is 10.0. The number of carbonyl (C=O) groups is 1. The van der Waals surface area contributed by atoms with Crippen molar-refractivity contribution in [2.45, 2.75) is 19.1 Å². The average molecular weight is 194 g/mol. The van der Waals surface area contributed by atoms with Gasteiger partial charge in [-0.2, -0.15) is 0 Å². The van der Waals surface area contributed by atoms with Gasteiger partial charge in [0, 0.05) is 6.04 Å². The summed E-state index contributed by atoms with van der Waals surface area (Å²) in [4.78, 5) is 10.6. The fraction of sp³-hybridized carbons (Fsp3) is 0.300. The van der Waals surface area contributed by atoms with Crippen molar-refractivity contribution in [3.8, 4) is 0 Å². The second-order valence-electron chi connectivity index (χ2n) is 3.13. The van der Waals surface area contributed by atoms with E-state index in [1.54, 1.807) is 6.92 Å². The Kier molecular flexibility index (Phi) is 3.48. The van der Waals surface area contributed by atoms with Crippen LogP contribution < -0.4 is 11.5 Å². The van der Waals surface area contributed by atoms with Crippen molar-refractivity contribution in [2.75, 3.05) is 0 Å². The van der Waals surface area contributed by atoms with Crippen LogP contribution in [-0.4, -0.2) is 12.1 Å². The Hall–Kier alpha value is -1.55. The molecule has 1 aromatic carbocycles. The largest absolute Gasteiger partial charge is 0.440 e. The van der Waals surface area contributed by atoms with E-state index in [4.69, 9.17) is 16.2 Å². The van der Waals surface area contributed by atoms with Gasteiger partial charge in [0.2, 0.25) is 0 Å². The second-order valence-corrected chi connectivity index (χ2v) is 3.13. The normalized spacial score (nSPS) is 14.4. The molecular weight excluding hydrogens is 180 g/mol. The molecule has 4 heteroatoms. The molecule has 1 aromatic rings. The number of amides is 1. The van der Waals surface area contributed by atoms with Crippen LogP contribution >= 0.6 is 0 Å². The molecule has 0 aromatic heterocycles. The van der Waals surface area contributed by atoms with E-state index in [-0.39, 0.29) is 6.04 Å². The Morgan fingerprint density at radius 1 is 1.36 bits per heavy atom. The van der Waals surface area contributed by atoms with E-state index in [9.17, 15) is 4.79 Å². The van der Waals surface area contributed by atoms with Crippen molar-refractivity contribution in [1.82, 2.24) is 0 Å². The summed E-state index contributed by atoms with van der Waals surface area (Å²) in [5.41, 5.74) is 11.5. The van der Waals surface area contributed by atoms with Crippen LogP contribution in [0, 0.1) is 0 Å². The molecule has 0 aliphatic rings. The molecule has 2 atom stereocenters. The zero-order valence-corrected chi connectivity index (χ0v) is 8.01. The third kappa shape index (κ3) is 2.74. The maximum atomic E-state index is 10.6. The minimum atomic E-state index is -0.809. The molecule has 76 valence electrons. The highest BCUT2D eigenvalue weighted by Gasteiger charge is 2.18. The molecule has 1 rings (SSSR count). The van der Waals surface area contributed by atoms with Gasteiger partial charge >= 0.3 is 6.09 Å². The highest BCUT2D eigenvalue weighted by atomic mass is 16.6. The van der Waals surface area contributed by atoms with E-state index < -0.39 is 12.2 Å². The molecule has 0 saturated carbocycles. The lowest BCUT2D eigenvalue weighted by Gasteiger charge is -2.20. The molecule has 0 aliphatic carbocycles. The zero-order chi connectivity index (χ0) is 10.6. The number of carbonyl (C=O) groups excluding carboxylic acids is 1. The molecule has 0 saturated heterocycles. The SMILES string of the molecule is CC(N)C(OC(N)=O)c1ccccc1. The Bertz CT molecular complexity index is 298. The molecule has 0 aliphatic heterocycles. The summed E-state index contributed by atoms with van der Waals surface area (Å²) in [6.45, 7) is 1.76. The number of primary amides is 1. The maximum Gasteiger partial charge on any atom is 0.405 e. The van der Waals surface area contributed by atoms with Gasteiger partial charge in [0.05, 0.1) is 0 Å². The van der Waals surface area contributed by atoms with Crippen LogP contribution in [0.2, 0.25) is 0 Å². The molecule has 1 amide bonds. The number of benzene rings is 1. The van der Waals surface area contributed by atoms with Gasteiger partial charge in [-0.25, -0.2) is 4.79 Å². The Morgan fingerprint density at radius 2 is 1.93 bits per heavy atom. The number of hydrogen-bond acceptors (Lipinski definition) is 3. The van der Waals surface area contributed by atoms with Gasteiger partial charge in [-0.1, -0.05) is 30.3 Å². The first kappa shape index (κ1) is 10.5. The standard InChI is InChI=1S/C10H14N2O2/c1-7(11)9(14-10(12)13)8-5-3-2-4-6-8/h2-7,9H,11H2,1H3,(H2,12,13). The smallest absolute Gasteiger partial charge is 0.405 e. The summed E-state index contributed by atoms with van der Waals surface area (Å²) < 4.78 is 4.91. The molecular formula is C10H14N2O2. The van der Waals surface area contributed by atoms with Crippen LogP contribution in [-0.2, 0) is 4.74 Å². The van der Waals surface area contributed by atoms with Crippen molar-refractivity contribution in [3.63, 3.8) is 0 Å². The number of nitrogens with two attached hydrogens (primary N) is 2. The van der Waals surface area contributed by atoms with Crippen LogP contribution in [0.3, 0.4) is 0 Å². The highest BCUT2D eigenvalue weighted by Crippen LogP contribution is 2.19. The predicted octanol–water partition coefficient (Wildman–Crippen LogP) is 1.17. The Balaban J connectivity index is 2.83. The molecule has 0 bridgehead atoms. The third-order valence-electron chi connectivity index (χ3n) is 1.85. The summed E-state index contributed by atoms with van der Waals surface area (Å²) in [6, 6.07) is 8.99. The van der Waals surface area contributed by atoms with Crippen LogP contribution in [0.1, 0.15) is 18.6 Å². The number of ether oxygens (including phenoxy) is 1. The zero-order valence-electron chi connectivity index (χ0n) is 8.01. The van der Waals surface area contributed by atoms with Gasteiger partial charge in [-0.3, -0.25) is 0 Å². The van der Waals surface area contributed by atoms with Crippen LogP contribution in [0.15, 0.2) is 30.3 Å². The van der Waals surface area contributed by atoms with Crippen molar-refractivity contribution in [3.05, 3.63) is 35.9 Å². The average Bonchev–Trinajstić information content (AvgIpc) is 2.15. The lowest BCUT2D eigenvalue weighted by Crippen LogP contribution is -2.30. The van der Waals surface area contributed by atoms with Crippen LogP contribution in [0.25, 0.3) is 0 Å². The summed E-state index contributed by atoms with van der Waals surface area (Å²) in [5, 5.41) is 0. The van der Waals surface area contributed by atoms with Gasteiger partial charge in [-0.15, -0.1) is 0 Å². The summed E-state index contributed by atoms with van der Waals surface area (Å²) in [5.74, 6) is 0. The monoisotopic (exact) mass is 194 g/mol.